The monoisotopic (exact) mass is 385 g/mol. The number of rotatable bonds is 4. The van der Waals surface area contributed by atoms with E-state index in [9.17, 15) is 13.2 Å². The van der Waals surface area contributed by atoms with Crippen molar-refractivity contribution < 1.29 is 13.2 Å². The number of fused-ring (bicyclic) bond motifs is 1. The molecule has 25 heavy (non-hydrogen) atoms. The molecule has 0 radical (unpaired) electrons. The van der Waals surface area contributed by atoms with Gasteiger partial charge in [0.2, 0.25) is 5.91 Å². The molecule has 1 amide bonds. The first-order valence-electron chi connectivity index (χ1n) is 8.15. The molecule has 138 valence electrons. The number of hydrogen-bond donors (Lipinski definition) is 2. The SMILES string of the molecule is CN(C(=O)[C@H](N)Cc1c[nH]c2ccccc12)C1CCS(=O)(=O)CC1.Cl. The van der Waals surface area contributed by atoms with Gasteiger partial charge in [-0.1, -0.05) is 18.2 Å². The molecule has 0 aliphatic carbocycles. The predicted molar refractivity (Wildman–Crippen MR) is 102 cm³/mol. The van der Waals surface area contributed by atoms with Crippen LogP contribution in [0.25, 0.3) is 10.9 Å². The van der Waals surface area contributed by atoms with Crippen molar-refractivity contribution in [3.05, 3.63) is 36.0 Å². The van der Waals surface area contributed by atoms with Gasteiger partial charge in [-0.15, -0.1) is 12.4 Å². The molecule has 1 aromatic carbocycles. The Bertz CT molecular complexity index is 836. The van der Waals surface area contributed by atoms with E-state index in [-0.39, 0.29) is 35.9 Å². The van der Waals surface area contributed by atoms with Gasteiger partial charge in [-0.3, -0.25) is 4.79 Å². The summed E-state index contributed by atoms with van der Waals surface area (Å²) in [5.41, 5.74) is 8.18. The molecule has 2 heterocycles. The second-order valence-electron chi connectivity index (χ2n) is 6.50. The zero-order chi connectivity index (χ0) is 17.3. The molecule has 1 saturated heterocycles. The lowest BCUT2D eigenvalue weighted by atomic mass is 10.0. The maximum atomic E-state index is 12.6. The predicted octanol–water partition coefficient (Wildman–Crippen LogP) is 1.50. The standard InChI is InChI=1S/C17H23N3O3S.ClH/c1-20(13-6-8-24(22,23)9-7-13)17(21)15(18)10-12-11-19-16-5-3-2-4-14(12)16;/h2-5,11,13,15,19H,6-10,18H2,1H3;1H/t15-;/m1./s1. The first kappa shape index (κ1) is 19.8. The number of hydrogen-bond acceptors (Lipinski definition) is 4. The molecule has 0 saturated carbocycles. The van der Waals surface area contributed by atoms with Crippen LogP contribution in [0, 0.1) is 0 Å². The molecule has 1 aliphatic rings. The van der Waals surface area contributed by atoms with E-state index in [4.69, 9.17) is 5.73 Å². The van der Waals surface area contributed by atoms with Crippen molar-refractivity contribution in [2.75, 3.05) is 18.6 Å². The highest BCUT2D eigenvalue weighted by molar-refractivity contribution is 7.91. The Labute approximate surface area is 154 Å². The number of nitrogens with two attached hydrogens (primary N) is 1. The third-order valence-electron chi connectivity index (χ3n) is 4.85. The number of nitrogens with one attached hydrogen (secondary N) is 1. The number of para-hydroxylation sites is 1. The Morgan fingerprint density at radius 3 is 2.64 bits per heavy atom. The fourth-order valence-electron chi connectivity index (χ4n) is 3.33. The average molecular weight is 386 g/mol. The van der Waals surface area contributed by atoms with E-state index in [1.165, 1.54) is 0 Å². The minimum Gasteiger partial charge on any atom is -0.361 e. The number of sulfone groups is 1. The number of aromatic amines is 1. The quantitative estimate of drug-likeness (QED) is 0.833. The van der Waals surface area contributed by atoms with E-state index >= 15 is 0 Å². The highest BCUT2D eigenvalue weighted by Gasteiger charge is 2.30. The lowest BCUT2D eigenvalue weighted by Crippen LogP contribution is -2.49. The lowest BCUT2D eigenvalue weighted by molar-refractivity contribution is -0.133. The number of H-pyrrole nitrogens is 1. The van der Waals surface area contributed by atoms with Gasteiger partial charge >= 0.3 is 0 Å². The van der Waals surface area contributed by atoms with Crippen LogP contribution >= 0.6 is 12.4 Å². The van der Waals surface area contributed by atoms with Crippen LogP contribution in [-0.4, -0.2) is 54.8 Å². The fraction of sp³-hybridized carbons (Fsp3) is 0.471. The molecular formula is C17H24ClN3O3S. The van der Waals surface area contributed by atoms with E-state index in [0.29, 0.717) is 19.3 Å². The maximum Gasteiger partial charge on any atom is 0.239 e. The molecule has 8 heteroatoms. The molecule has 1 fully saturated rings. The summed E-state index contributed by atoms with van der Waals surface area (Å²) in [6.45, 7) is 0. The van der Waals surface area contributed by atoms with Crippen molar-refractivity contribution in [2.24, 2.45) is 5.73 Å². The number of likely N-dealkylation sites (N-methyl/N-ethyl adjacent to an activating group) is 1. The minimum atomic E-state index is -2.93. The Hall–Kier alpha value is -1.57. The summed E-state index contributed by atoms with van der Waals surface area (Å²) < 4.78 is 23.1. The van der Waals surface area contributed by atoms with E-state index in [1.807, 2.05) is 30.5 Å². The Morgan fingerprint density at radius 2 is 1.96 bits per heavy atom. The molecule has 6 nitrogen and oxygen atoms in total. The van der Waals surface area contributed by atoms with Crippen molar-refractivity contribution >= 4 is 39.1 Å². The summed E-state index contributed by atoms with van der Waals surface area (Å²) in [6.07, 6.45) is 3.33. The van der Waals surface area contributed by atoms with Crippen molar-refractivity contribution in [1.29, 1.82) is 0 Å². The molecule has 1 aromatic heterocycles. The van der Waals surface area contributed by atoms with Crippen LogP contribution in [-0.2, 0) is 21.1 Å². The topological polar surface area (TPSA) is 96.3 Å². The van der Waals surface area contributed by atoms with Crippen LogP contribution in [0.1, 0.15) is 18.4 Å². The Morgan fingerprint density at radius 1 is 1.32 bits per heavy atom. The van der Waals surface area contributed by atoms with Crippen LogP contribution < -0.4 is 5.73 Å². The maximum absolute atomic E-state index is 12.6. The van der Waals surface area contributed by atoms with E-state index in [0.717, 1.165) is 16.5 Å². The molecule has 3 N–H and O–H groups in total. The fourth-order valence-corrected chi connectivity index (χ4v) is 4.80. The van der Waals surface area contributed by atoms with Crippen molar-refractivity contribution in [2.45, 2.75) is 31.3 Å². The number of benzene rings is 1. The van der Waals surface area contributed by atoms with Crippen LogP contribution in [0.2, 0.25) is 0 Å². The van der Waals surface area contributed by atoms with Gasteiger partial charge in [0.05, 0.1) is 17.5 Å². The number of halogens is 1. The highest BCUT2D eigenvalue weighted by Crippen LogP contribution is 2.21. The van der Waals surface area contributed by atoms with Gasteiger partial charge < -0.3 is 15.6 Å². The summed E-state index contributed by atoms with van der Waals surface area (Å²) in [5.74, 6) is 0.157. The molecule has 0 bridgehead atoms. The summed E-state index contributed by atoms with van der Waals surface area (Å²) in [6, 6.07) is 7.23. The summed E-state index contributed by atoms with van der Waals surface area (Å²) in [5, 5.41) is 1.08. The third-order valence-corrected chi connectivity index (χ3v) is 6.57. The number of aromatic nitrogens is 1. The van der Waals surface area contributed by atoms with Crippen molar-refractivity contribution in [3.63, 3.8) is 0 Å². The van der Waals surface area contributed by atoms with Crippen LogP contribution in [0.4, 0.5) is 0 Å². The van der Waals surface area contributed by atoms with Gasteiger partial charge in [-0.25, -0.2) is 8.42 Å². The molecule has 1 aliphatic heterocycles. The van der Waals surface area contributed by atoms with Gasteiger partial charge in [0, 0.05) is 30.2 Å². The summed E-state index contributed by atoms with van der Waals surface area (Å²) in [4.78, 5) is 17.4. The first-order valence-corrected chi connectivity index (χ1v) is 9.97. The second-order valence-corrected chi connectivity index (χ2v) is 8.81. The normalized spacial score (nSPS) is 18.5. The summed E-state index contributed by atoms with van der Waals surface area (Å²) in [7, 11) is -1.21. The minimum absolute atomic E-state index is 0. The van der Waals surface area contributed by atoms with Gasteiger partial charge in [0.25, 0.3) is 0 Å². The van der Waals surface area contributed by atoms with Gasteiger partial charge in [-0.2, -0.15) is 0 Å². The second kappa shape index (κ2) is 7.76. The average Bonchev–Trinajstić information content (AvgIpc) is 2.96. The van der Waals surface area contributed by atoms with Gasteiger partial charge in [0.15, 0.2) is 0 Å². The molecule has 1 atom stereocenters. The lowest BCUT2D eigenvalue weighted by Gasteiger charge is -2.32. The zero-order valence-electron chi connectivity index (χ0n) is 14.1. The molecule has 3 rings (SSSR count). The highest BCUT2D eigenvalue weighted by atomic mass is 35.5. The van der Waals surface area contributed by atoms with Crippen molar-refractivity contribution in [1.82, 2.24) is 9.88 Å². The molecule has 2 aromatic rings. The molecule has 0 unspecified atom stereocenters. The third kappa shape index (κ3) is 4.34. The summed E-state index contributed by atoms with van der Waals surface area (Å²) >= 11 is 0. The number of carbonyl (C=O) groups excluding carboxylic acids is 1. The van der Waals surface area contributed by atoms with Gasteiger partial charge in [0.1, 0.15) is 9.84 Å². The van der Waals surface area contributed by atoms with Crippen molar-refractivity contribution in [3.8, 4) is 0 Å². The van der Waals surface area contributed by atoms with E-state index in [2.05, 4.69) is 4.98 Å². The Balaban J connectivity index is 0.00000225. The number of amides is 1. The number of nitrogens with zero attached hydrogens (tertiary/aromatic N) is 1. The van der Waals surface area contributed by atoms with Crippen LogP contribution in [0.15, 0.2) is 30.5 Å². The zero-order valence-corrected chi connectivity index (χ0v) is 15.8. The largest absolute Gasteiger partial charge is 0.361 e. The smallest absolute Gasteiger partial charge is 0.239 e. The first-order chi connectivity index (χ1) is 11.4. The molecular weight excluding hydrogens is 362 g/mol. The van der Waals surface area contributed by atoms with E-state index < -0.39 is 15.9 Å². The Kier molecular flexibility index (Phi) is 6.13. The van der Waals surface area contributed by atoms with E-state index in [1.54, 1.807) is 11.9 Å². The van der Waals surface area contributed by atoms with Crippen LogP contribution in [0.3, 0.4) is 0 Å². The number of carbonyl (C=O) groups is 1. The van der Waals surface area contributed by atoms with Gasteiger partial charge in [-0.05, 0) is 30.9 Å². The van der Waals surface area contributed by atoms with Crippen LogP contribution in [0.5, 0.6) is 0 Å². The molecule has 0 spiro atoms.